The van der Waals surface area contributed by atoms with Crippen molar-refractivity contribution in [1.29, 1.82) is 0 Å². The van der Waals surface area contributed by atoms with E-state index in [4.69, 9.17) is 11.6 Å². The van der Waals surface area contributed by atoms with Gasteiger partial charge >= 0.3 is 6.18 Å². The standard InChI is InChI=1S/C15H11ClF4O/c1-8-7-9(15(18,19)20)5-6-10(8)14(21)11-3-2-4-12(16)13(11)17/h2-7,14,21H,1H3. The van der Waals surface area contributed by atoms with E-state index in [1.165, 1.54) is 25.1 Å². The lowest BCUT2D eigenvalue weighted by atomic mass is 9.95. The Morgan fingerprint density at radius 1 is 1.10 bits per heavy atom. The van der Waals surface area contributed by atoms with Crippen molar-refractivity contribution in [3.63, 3.8) is 0 Å². The number of hydrogen-bond acceptors (Lipinski definition) is 1. The van der Waals surface area contributed by atoms with E-state index in [-0.39, 0.29) is 21.7 Å². The Bertz CT molecular complexity index is 667. The van der Waals surface area contributed by atoms with Gasteiger partial charge in [-0.05, 0) is 36.2 Å². The molecule has 2 aromatic carbocycles. The van der Waals surface area contributed by atoms with Gasteiger partial charge in [-0.2, -0.15) is 13.2 Å². The summed E-state index contributed by atoms with van der Waals surface area (Å²) < 4.78 is 51.7. The SMILES string of the molecule is Cc1cc(C(F)(F)F)ccc1C(O)c1cccc(Cl)c1F. The molecule has 0 saturated carbocycles. The van der Waals surface area contributed by atoms with Crippen LogP contribution in [-0.2, 0) is 6.18 Å². The summed E-state index contributed by atoms with van der Waals surface area (Å²) in [5, 5.41) is 10.0. The maximum Gasteiger partial charge on any atom is 0.416 e. The van der Waals surface area contributed by atoms with Crippen molar-refractivity contribution < 1.29 is 22.7 Å². The lowest BCUT2D eigenvalue weighted by Crippen LogP contribution is -2.09. The fourth-order valence-electron chi connectivity index (χ4n) is 2.06. The van der Waals surface area contributed by atoms with Crippen LogP contribution in [0.15, 0.2) is 36.4 Å². The molecule has 6 heteroatoms. The number of rotatable bonds is 2. The van der Waals surface area contributed by atoms with Crippen molar-refractivity contribution in [3.05, 3.63) is 69.5 Å². The summed E-state index contributed by atoms with van der Waals surface area (Å²) in [7, 11) is 0. The van der Waals surface area contributed by atoms with Crippen LogP contribution in [0.25, 0.3) is 0 Å². The smallest absolute Gasteiger partial charge is 0.384 e. The monoisotopic (exact) mass is 318 g/mol. The van der Waals surface area contributed by atoms with Crippen molar-refractivity contribution >= 4 is 11.6 Å². The topological polar surface area (TPSA) is 20.2 Å². The Morgan fingerprint density at radius 2 is 1.76 bits per heavy atom. The van der Waals surface area contributed by atoms with Crippen LogP contribution in [-0.4, -0.2) is 5.11 Å². The molecule has 0 aliphatic carbocycles. The predicted molar refractivity (Wildman–Crippen MR) is 71.7 cm³/mol. The molecule has 1 unspecified atom stereocenters. The summed E-state index contributed by atoms with van der Waals surface area (Å²) in [6.45, 7) is 1.43. The van der Waals surface area contributed by atoms with Crippen LogP contribution in [0.3, 0.4) is 0 Å². The van der Waals surface area contributed by atoms with Gasteiger partial charge < -0.3 is 5.11 Å². The van der Waals surface area contributed by atoms with Crippen LogP contribution in [0.1, 0.15) is 28.4 Å². The normalized spacial score (nSPS) is 13.3. The Balaban J connectivity index is 2.45. The molecule has 0 heterocycles. The van der Waals surface area contributed by atoms with Crippen LogP contribution in [0, 0.1) is 12.7 Å². The maximum atomic E-state index is 13.9. The molecule has 0 aliphatic heterocycles. The van der Waals surface area contributed by atoms with Gasteiger partial charge in [-0.25, -0.2) is 4.39 Å². The highest BCUT2D eigenvalue weighted by molar-refractivity contribution is 6.30. The van der Waals surface area contributed by atoms with Gasteiger partial charge in [0.2, 0.25) is 0 Å². The Labute approximate surface area is 123 Å². The Kier molecular flexibility index (Phi) is 4.25. The molecular weight excluding hydrogens is 308 g/mol. The van der Waals surface area contributed by atoms with E-state index in [9.17, 15) is 22.7 Å². The molecule has 0 bridgehead atoms. The molecule has 1 atom stereocenters. The summed E-state index contributed by atoms with van der Waals surface area (Å²) in [5.74, 6) is -0.786. The average molecular weight is 319 g/mol. The molecule has 0 saturated heterocycles. The summed E-state index contributed by atoms with van der Waals surface area (Å²) >= 11 is 5.64. The zero-order chi connectivity index (χ0) is 15.8. The number of hydrogen-bond donors (Lipinski definition) is 1. The second kappa shape index (κ2) is 5.66. The van der Waals surface area contributed by atoms with E-state index in [2.05, 4.69) is 0 Å². The third-order valence-corrected chi connectivity index (χ3v) is 3.46. The molecule has 0 aromatic heterocycles. The summed E-state index contributed by atoms with van der Waals surface area (Å²) in [4.78, 5) is 0. The molecule has 2 rings (SSSR count). The lowest BCUT2D eigenvalue weighted by molar-refractivity contribution is -0.137. The quantitative estimate of drug-likeness (QED) is 0.782. The molecule has 1 N–H and O–H groups in total. The molecule has 0 amide bonds. The van der Waals surface area contributed by atoms with Gasteiger partial charge in [0.1, 0.15) is 11.9 Å². The molecule has 21 heavy (non-hydrogen) atoms. The molecule has 1 nitrogen and oxygen atoms in total. The van der Waals surface area contributed by atoms with Crippen LogP contribution >= 0.6 is 11.6 Å². The Hall–Kier alpha value is -1.59. The first-order chi connectivity index (χ1) is 9.71. The van der Waals surface area contributed by atoms with Crippen molar-refractivity contribution in [1.82, 2.24) is 0 Å². The third kappa shape index (κ3) is 3.19. The van der Waals surface area contributed by atoms with Gasteiger partial charge in [0.05, 0.1) is 10.6 Å². The lowest BCUT2D eigenvalue weighted by Gasteiger charge is -2.17. The van der Waals surface area contributed by atoms with Crippen LogP contribution in [0.5, 0.6) is 0 Å². The minimum Gasteiger partial charge on any atom is -0.384 e. The van der Waals surface area contributed by atoms with Gasteiger partial charge in [-0.3, -0.25) is 0 Å². The third-order valence-electron chi connectivity index (χ3n) is 3.17. The van der Waals surface area contributed by atoms with Crippen LogP contribution < -0.4 is 0 Å². The zero-order valence-corrected chi connectivity index (χ0v) is 11.6. The summed E-state index contributed by atoms with van der Waals surface area (Å²) in [5.41, 5.74) is -0.478. The molecule has 0 radical (unpaired) electrons. The van der Waals surface area contributed by atoms with E-state index >= 15 is 0 Å². The first kappa shape index (κ1) is 15.8. The van der Waals surface area contributed by atoms with E-state index < -0.39 is 23.7 Å². The number of aryl methyl sites for hydroxylation is 1. The second-order valence-electron chi connectivity index (χ2n) is 4.61. The van der Waals surface area contributed by atoms with Crippen molar-refractivity contribution in [2.24, 2.45) is 0 Å². The number of halogens is 5. The predicted octanol–water partition coefficient (Wildman–Crippen LogP) is 4.89. The largest absolute Gasteiger partial charge is 0.416 e. The van der Waals surface area contributed by atoms with Gasteiger partial charge in [-0.1, -0.05) is 29.8 Å². The highest BCUT2D eigenvalue weighted by Crippen LogP contribution is 2.34. The number of alkyl halides is 3. The van der Waals surface area contributed by atoms with E-state index in [1.807, 2.05) is 0 Å². The average Bonchev–Trinajstić information content (AvgIpc) is 2.40. The highest BCUT2D eigenvalue weighted by Gasteiger charge is 2.31. The number of aliphatic hydroxyl groups excluding tert-OH is 1. The fraction of sp³-hybridized carbons (Fsp3) is 0.200. The Morgan fingerprint density at radius 3 is 2.33 bits per heavy atom. The van der Waals surface area contributed by atoms with Crippen molar-refractivity contribution in [3.8, 4) is 0 Å². The number of benzene rings is 2. The maximum absolute atomic E-state index is 13.9. The molecule has 0 aliphatic rings. The molecule has 0 fully saturated rings. The van der Waals surface area contributed by atoms with Crippen molar-refractivity contribution in [2.45, 2.75) is 19.2 Å². The van der Waals surface area contributed by atoms with Gasteiger partial charge in [0.15, 0.2) is 0 Å². The molecule has 2 aromatic rings. The summed E-state index contributed by atoms with van der Waals surface area (Å²) in [6.07, 6.45) is -5.85. The highest BCUT2D eigenvalue weighted by atomic mass is 35.5. The minimum absolute atomic E-state index is 0.0784. The number of aliphatic hydroxyl groups is 1. The van der Waals surface area contributed by atoms with Gasteiger partial charge in [0, 0.05) is 5.56 Å². The van der Waals surface area contributed by atoms with E-state index in [0.29, 0.717) is 0 Å². The molecule has 112 valence electrons. The van der Waals surface area contributed by atoms with Gasteiger partial charge in [-0.15, -0.1) is 0 Å². The van der Waals surface area contributed by atoms with E-state index in [1.54, 1.807) is 0 Å². The molecular formula is C15H11ClF4O. The fourth-order valence-corrected chi connectivity index (χ4v) is 2.24. The van der Waals surface area contributed by atoms with Crippen LogP contribution in [0.4, 0.5) is 17.6 Å². The van der Waals surface area contributed by atoms with Crippen LogP contribution in [0.2, 0.25) is 5.02 Å². The summed E-state index contributed by atoms with van der Waals surface area (Å²) in [6, 6.07) is 7.04. The molecule has 0 spiro atoms. The van der Waals surface area contributed by atoms with E-state index in [0.717, 1.165) is 18.2 Å². The first-order valence-corrected chi connectivity index (χ1v) is 6.39. The second-order valence-corrected chi connectivity index (χ2v) is 5.02. The first-order valence-electron chi connectivity index (χ1n) is 6.01. The minimum atomic E-state index is -4.46. The van der Waals surface area contributed by atoms with Crippen molar-refractivity contribution in [2.75, 3.05) is 0 Å². The zero-order valence-electron chi connectivity index (χ0n) is 10.9. The van der Waals surface area contributed by atoms with Gasteiger partial charge in [0.25, 0.3) is 0 Å².